The summed E-state index contributed by atoms with van der Waals surface area (Å²) in [6, 6.07) is 0. The summed E-state index contributed by atoms with van der Waals surface area (Å²) in [7, 11) is 0. The van der Waals surface area contributed by atoms with Gasteiger partial charge in [0.25, 0.3) is 0 Å². The van der Waals surface area contributed by atoms with E-state index in [1.54, 1.807) is 14.7 Å². The van der Waals surface area contributed by atoms with Crippen LogP contribution in [0.2, 0.25) is 0 Å². The van der Waals surface area contributed by atoms with E-state index in [0.29, 0.717) is 65.6 Å². The first kappa shape index (κ1) is 47.5. The molecule has 281 valence electrons. The van der Waals surface area contributed by atoms with Gasteiger partial charge < -0.3 is 35.4 Å². The predicted molar refractivity (Wildman–Crippen MR) is 181 cm³/mol. The fraction of sp³-hybridized carbons (Fsp3) is 0.914. The maximum Gasteiger partial charge on any atom is 3.00 e. The van der Waals surface area contributed by atoms with Gasteiger partial charge in [-0.2, -0.15) is 0 Å². The maximum absolute atomic E-state index is 11.4. The van der Waals surface area contributed by atoms with Gasteiger partial charge in [0.05, 0.1) is 24.6 Å². The number of unbranched alkanes of at least 4 members (excludes halogenated alkanes) is 15. The first-order valence-corrected chi connectivity index (χ1v) is 18.6. The van der Waals surface area contributed by atoms with Crippen LogP contribution in [-0.2, 0) is 14.4 Å². The average Bonchev–Trinajstić information content (AvgIpc) is 3.01. The van der Waals surface area contributed by atoms with Crippen molar-refractivity contribution in [1.29, 1.82) is 0 Å². The topological polar surface area (TPSA) is 163 Å². The largest absolute Gasteiger partial charge is 3.00 e. The number of aliphatic carboxylic acids is 3. The van der Waals surface area contributed by atoms with Gasteiger partial charge in [-0.1, -0.05) is 103 Å². The van der Waals surface area contributed by atoms with E-state index in [4.69, 9.17) is 5.73 Å². The number of carbonyl (C=O) groups excluding carboxylic acids is 3. The normalized spacial score (nSPS) is 16.3. The molecule has 1 heterocycles. The maximum atomic E-state index is 11.4. The van der Waals surface area contributed by atoms with E-state index in [2.05, 4.69) is 16.7 Å². The molecule has 0 aliphatic carbocycles. The molecule has 0 aromatic carbocycles. The van der Waals surface area contributed by atoms with Gasteiger partial charge in [0.2, 0.25) is 0 Å². The molecule has 1 radical (unpaired) electrons. The Morgan fingerprint density at radius 3 is 1.08 bits per heavy atom. The van der Waals surface area contributed by atoms with Gasteiger partial charge in [-0.05, 0) is 13.0 Å². The van der Waals surface area contributed by atoms with Gasteiger partial charge in [0.1, 0.15) is 0 Å². The van der Waals surface area contributed by atoms with E-state index in [-0.39, 0.29) is 59.6 Å². The molecule has 48 heavy (non-hydrogen) atoms. The van der Waals surface area contributed by atoms with Gasteiger partial charge in [-0.15, -0.1) is 0 Å². The summed E-state index contributed by atoms with van der Waals surface area (Å²) in [6.07, 6.45) is 21.3. The molecular formula is C35H67GdN6O6. The summed E-state index contributed by atoms with van der Waals surface area (Å²) in [5.41, 5.74) is 5.96. The van der Waals surface area contributed by atoms with Crippen molar-refractivity contribution in [2.75, 3.05) is 98.3 Å². The zero-order valence-electron chi connectivity index (χ0n) is 30.0. The SMILES string of the molecule is CCCCCCCCCCCCCCCCCCN(CCN)CN1CCN(CC(=O)[O-])CCN(CC(=O)[O-])CCN(CC(=O)[O-])CC1.[Gd+3]. The molecule has 1 fully saturated rings. The van der Waals surface area contributed by atoms with Crippen molar-refractivity contribution in [1.82, 2.24) is 24.5 Å². The quantitative estimate of drug-likeness (QED) is 0.110. The number of nitrogens with zero attached hydrogens (tertiary/aromatic N) is 5. The molecule has 0 aromatic rings. The van der Waals surface area contributed by atoms with Crippen LogP contribution in [0, 0.1) is 39.9 Å². The number of hydrogen-bond acceptors (Lipinski definition) is 12. The number of nitrogens with two attached hydrogens (primary N) is 1. The average molecular weight is 825 g/mol. The van der Waals surface area contributed by atoms with Gasteiger partial charge in [0.15, 0.2) is 0 Å². The number of hydrogen-bond donors (Lipinski definition) is 1. The second-order valence-electron chi connectivity index (χ2n) is 13.4. The van der Waals surface area contributed by atoms with E-state index < -0.39 is 17.9 Å². The molecule has 0 atom stereocenters. The van der Waals surface area contributed by atoms with Crippen LogP contribution in [0.15, 0.2) is 0 Å². The van der Waals surface area contributed by atoms with Crippen molar-refractivity contribution in [3.05, 3.63) is 0 Å². The summed E-state index contributed by atoms with van der Waals surface area (Å²) >= 11 is 0. The van der Waals surface area contributed by atoms with E-state index in [1.807, 2.05) is 0 Å². The van der Waals surface area contributed by atoms with Crippen LogP contribution < -0.4 is 21.1 Å². The smallest absolute Gasteiger partial charge is 0.549 e. The zero-order chi connectivity index (χ0) is 34.5. The monoisotopic (exact) mass is 825 g/mol. The molecule has 0 aromatic heterocycles. The third-order valence-corrected chi connectivity index (χ3v) is 9.16. The summed E-state index contributed by atoms with van der Waals surface area (Å²) in [5, 5.41) is 34.2. The predicted octanol–water partition coefficient (Wildman–Crippen LogP) is -0.0626. The molecule has 1 rings (SSSR count). The zero-order valence-corrected chi connectivity index (χ0v) is 32.3. The Kier molecular flexibility index (Phi) is 32.1. The summed E-state index contributed by atoms with van der Waals surface area (Å²) in [4.78, 5) is 43.9. The first-order valence-electron chi connectivity index (χ1n) is 18.6. The van der Waals surface area contributed by atoms with E-state index in [1.165, 1.54) is 96.3 Å². The molecule has 0 bridgehead atoms. The number of carboxylic acids is 3. The van der Waals surface area contributed by atoms with Crippen molar-refractivity contribution in [2.45, 2.75) is 110 Å². The van der Waals surface area contributed by atoms with Gasteiger partial charge in [0, 0.05) is 85.1 Å². The molecule has 2 N–H and O–H groups in total. The van der Waals surface area contributed by atoms with Gasteiger partial charge in [-0.3, -0.25) is 24.5 Å². The molecule has 0 unspecified atom stereocenters. The second-order valence-corrected chi connectivity index (χ2v) is 13.4. The third kappa shape index (κ3) is 28.2. The fourth-order valence-electron chi connectivity index (χ4n) is 6.34. The minimum absolute atomic E-state index is 0. The Hall–Kier alpha value is -0.505. The van der Waals surface area contributed by atoms with Crippen molar-refractivity contribution in [3.8, 4) is 0 Å². The summed E-state index contributed by atoms with van der Waals surface area (Å²) < 4.78 is 0. The van der Waals surface area contributed by atoms with E-state index >= 15 is 0 Å². The van der Waals surface area contributed by atoms with Gasteiger partial charge >= 0.3 is 39.9 Å². The van der Waals surface area contributed by atoms with Crippen LogP contribution in [0.1, 0.15) is 110 Å². The minimum Gasteiger partial charge on any atom is -0.549 e. The van der Waals surface area contributed by atoms with E-state index in [0.717, 1.165) is 19.5 Å². The van der Waals surface area contributed by atoms with Crippen molar-refractivity contribution in [2.24, 2.45) is 5.73 Å². The summed E-state index contributed by atoms with van der Waals surface area (Å²) in [6.45, 7) is 7.76. The molecule has 13 heteroatoms. The first-order chi connectivity index (χ1) is 22.7. The summed E-state index contributed by atoms with van der Waals surface area (Å²) in [5.74, 6) is -3.59. The van der Waals surface area contributed by atoms with Crippen LogP contribution in [0.5, 0.6) is 0 Å². The van der Waals surface area contributed by atoms with Crippen molar-refractivity contribution in [3.63, 3.8) is 0 Å². The van der Waals surface area contributed by atoms with Crippen molar-refractivity contribution >= 4 is 17.9 Å². The van der Waals surface area contributed by atoms with Crippen LogP contribution in [0.3, 0.4) is 0 Å². The van der Waals surface area contributed by atoms with Gasteiger partial charge in [-0.25, -0.2) is 0 Å². The van der Waals surface area contributed by atoms with Crippen LogP contribution >= 0.6 is 0 Å². The third-order valence-electron chi connectivity index (χ3n) is 9.16. The molecule has 0 amide bonds. The number of carbonyl (C=O) groups is 3. The Morgan fingerprint density at radius 1 is 0.500 bits per heavy atom. The Morgan fingerprint density at radius 2 is 0.792 bits per heavy atom. The second kappa shape index (κ2) is 32.4. The van der Waals surface area contributed by atoms with Crippen LogP contribution in [-0.4, -0.2) is 141 Å². The Balaban J connectivity index is 0.0000221. The molecular weight excluding hydrogens is 758 g/mol. The molecule has 1 aliphatic rings. The molecule has 0 saturated carbocycles. The number of carboxylic acid groups (broad SMARTS) is 3. The van der Waals surface area contributed by atoms with Crippen LogP contribution in [0.4, 0.5) is 0 Å². The Labute approximate surface area is 323 Å². The standard InChI is InChI=1S/C35H70N6O6.Gd/c1-2-3-4-5-6-7-8-9-10-11-12-13-14-15-16-17-19-40(20-18-36)32-41-27-25-38(30-34(44)45)23-21-37(29-33(42)43)22-24-39(26-28-41)31-35(46)47;/h2-32,36H2,1H3,(H,42,43)(H,44,45)(H,46,47);/q;+3/p-3. The molecule has 0 spiro atoms. The Bertz CT molecular complexity index is 782. The molecule has 12 nitrogen and oxygen atoms in total. The molecule has 1 aliphatic heterocycles. The minimum atomic E-state index is -1.23. The van der Waals surface area contributed by atoms with E-state index in [9.17, 15) is 29.7 Å². The van der Waals surface area contributed by atoms with Crippen LogP contribution in [0.25, 0.3) is 0 Å². The van der Waals surface area contributed by atoms with Crippen molar-refractivity contribution < 1.29 is 69.6 Å². The molecule has 1 saturated heterocycles. The number of rotatable bonds is 27. The fourth-order valence-corrected chi connectivity index (χ4v) is 6.34.